The van der Waals surface area contributed by atoms with Crippen molar-refractivity contribution in [3.63, 3.8) is 0 Å². The first kappa shape index (κ1) is 19.9. The van der Waals surface area contributed by atoms with Crippen LogP contribution in [0, 0.1) is 6.92 Å². The average molecular weight is 373 g/mol. The molecule has 2 aromatic rings. The maximum absolute atomic E-state index is 12.4. The van der Waals surface area contributed by atoms with Crippen LogP contribution in [-0.4, -0.2) is 31.8 Å². The van der Waals surface area contributed by atoms with Crippen LogP contribution in [0.1, 0.15) is 25.0 Å². The summed E-state index contributed by atoms with van der Waals surface area (Å²) in [5.41, 5.74) is 1.72. The van der Waals surface area contributed by atoms with E-state index in [4.69, 9.17) is 4.74 Å². The number of esters is 1. The van der Waals surface area contributed by atoms with Crippen LogP contribution in [0.25, 0.3) is 6.08 Å². The first-order chi connectivity index (χ1) is 12.4. The topological polar surface area (TPSA) is 63.7 Å². The van der Waals surface area contributed by atoms with E-state index in [1.165, 1.54) is 10.4 Å². The van der Waals surface area contributed by atoms with Gasteiger partial charge in [-0.3, -0.25) is 0 Å². The van der Waals surface area contributed by atoms with Gasteiger partial charge in [0.2, 0.25) is 10.0 Å². The molecule has 0 saturated carbocycles. The van der Waals surface area contributed by atoms with Gasteiger partial charge in [0.15, 0.2) is 0 Å². The number of nitrogens with zero attached hydrogens (tertiary/aromatic N) is 1. The fourth-order valence-corrected chi connectivity index (χ4v) is 3.91. The number of carbonyl (C=O) groups is 1. The molecule has 0 aliphatic rings. The van der Waals surface area contributed by atoms with Crippen LogP contribution >= 0.6 is 0 Å². The molecule has 0 unspecified atom stereocenters. The number of sulfonamides is 1. The summed E-state index contributed by atoms with van der Waals surface area (Å²) in [7, 11) is -3.48. The van der Waals surface area contributed by atoms with Crippen LogP contribution in [0.2, 0.25) is 0 Å². The SMILES string of the molecule is CCN(CC)S(=O)(=O)c1ccc(/C=C/C(=O)Oc2cccc(C)c2)cc1. The van der Waals surface area contributed by atoms with E-state index < -0.39 is 16.0 Å². The molecule has 2 aromatic carbocycles. The van der Waals surface area contributed by atoms with Gasteiger partial charge in [0.05, 0.1) is 4.90 Å². The molecule has 26 heavy (non-hydrogen) atoms. The third-order valence-corrected chi connectivity index (χ3v) is 5.91. The van der Waals surface area contributed by atoms with E-state index in [2.05, 4.69) is 0 Å². The molecular formula is C20H23NO4S. The molecule has 0 atom stereocenters. The van der Waals surface area contributed by atoms with Gasteiger partial charge in [0, 0.05) is 19.2 Å². The third-order valence-electron chi connectivity index (χ3n) is 3.84. The van der Waals surface area contributed by atoms with Crippen molar-refractivity contribution in [2.24, 2.45) is 0 Å². The standard InChI is InChI=1S/C20H23NO4S/c1-4-21(5-2)26(23,24)19-12-9-17(10-13-19)11-14-20(22)25-18-8-6-7-16(3)15-18/h6-15H,4-5H2,1-3H3/b14-11+. The van der Waals surface area contributed by atoms with Crippen molar-refractivity contribution in [3.05, 3.63) is 65.7 Å². The Hall–Kier alpha value is -2.44. The lowest BCUT2D eigenvalue weighted by Crippen LogP contribution is -2.30. The minimum absolute atomic E-state index is 0.237. The molecule has 0 aliphatic carbocycles. The number of carbonyl (C=O) groups excluding carboxylic acids is 1. The number of benzene rings is 2. The van der Waals surface area contributed by atoms with E-state index in [1.54, 1.807) is 56.3 Å². The summed E-state index contributed by atoms with van der Waals surface area (Å²) in [4.78, 5) is 12.1. The largest absolute Gasteiger partial charge is 0.423 e. The number of aryl methyl sites for hydroxylation is 1. The zero-order valence-corrected chi connectivity index (χ0v) is 16.0. The van der Waals surface area contributed by atoms with Gasteiger partial charge in [-0.05, 0) is 48.4 Å². The Morgan fingerprint density at radius 1 is 1.08 bits per heavy atom. The molecule has 0 heterocycles. The van der Waals surface area contributed by atoms with Crippen molar-refractivity contribution in [2.75, 3.05) is 13.1 Å². The second-order valence-corrected chi connectivity index (χ2v) is 7.67. The molecule has 0 radical (unpaired) electrons. The molecule has 138 valence electrons. The third kappa shape index (κ3) is 5.03. The number of hydrogen-bond donors (Lipinski definition) is 0. The summed E-state index contributed by atoms with van der Waals surface area (Å²) in [5.74, 6) is -0.00393. The Labute approximate surface area is 155 Å². The first-order valence-electron chi connectivity index (χ1n) is 8.43. The molecule has 0 bridgehead atoms. The van der Waals surface area contributed by atoms with Gasteiger partial charge in [-0.2, -0.15) is 4.31 Å². The smallest absolute Gasteiger partial charge is 0.336 e. The van der Waals surface area contributed by atoms with Crippen LogP contribution in [-0.2, 0) is 14.8 Å². The Morgan fingerprint density at radius 2 is 1.73 bits per heavy atom. The Balaban J connectivity index is 2.06. The highest BCUT2D eigenvalue weighted by Gasteiger charge is 2.20. The number of hydrogen-bond acceptors (Lipinski definition) is 4. The summed E-state index contributed by atoms with van der Waals surface area (Å²) >= 11 is 0. The monoisotopic (exact) mass is 373 g/mol. The van der Waals surface area contributed by atoms with Crippen molar-refractivity contribution >= 4 is 22.1 Å². The maximum atomic E-state index is 12.4. The molecule has 2 rings (SSSR count). The minimum atomic E-state index is -3.48. The van der Waals surface area contributed by atoms with Crippen LogP contribution in [0.3, 0.4) is 0 Å². The summed E-state index contributed by atoms with van der Waals surface area (Å²) in [6.07, 6.45) is 2.90. The molecule has 6 heteroatoms. The maximum Gasteiger partial charge on any atom is 0.336 e. The summed E-state index contributed by atoms with van der Waals surface area (Å²) in [6.45, 7) is 6.37. The molecule has 5 nitrogen and oxygen atoms in total. The molecule has 0 aromatic heterocycles. The van der Waals surface area contributed by atoms with Gasteiger partial charge in [-0.25, -0.2) is 13.2 Å². The molecule has 0 amide bonds. The predicted molar refractivity (Wildman–Crippen MR) is 102 cm³/mol. The van der Waals surface area contributed by atoms with E-state index in [9.17, 15) is 13.2 Å². The summed E-state index contributed by atoms with van der Waals surface area (Å²) in [5, 5.41) is 0. The molecule has 0 aliphatic heterocycles. The van der Waals surface area contributed by atoms with E-state index in [0.717, 1.165) is 5.56 Å². The lowest BCUT2D eigenvalue weighted by molar-refractivity contribution is -0.128. The highest BCUT2D eigenvalue weighted by atomic mass is 32.2. The quantitative estimate of drug-likeness (QED) is 0.422. The van der Waals surface area contributed by atoms with Crippen LogP contribution in [0.5, 0.6) is 5.75 Å². The molecular weight excluding hydrogens is 350 g/mol. The van der Waals surface area contributed by atoms with Gasteiger partial charge in [0.25, 0.3) is 0 Å². The Kier molecular flexibility index (Phi) is 6.71. The molecule has 0 spiro atoms. The second-order valence-electron chi connectivity index (χ2n) is 5.73. The minimum Gasteiger partial charge on any atom is -0.423 e. The van der Waals surface area contributed by atoms with Gasteiger partial charge >= 0.3 is 5.97 Å². The fraction of sp³-hybridized carbons (Fsp3) is 0.250. The Bertz CT molecular complexity index is 882. The van der Waals surface area contributed by atoms with Gasteiger partial charge in [0.1, 0.15) is 5.75 Å². The number of rotatable bonds is 7. The van der Waals surface area contributed by atoms with E-state index in [-0.39, 0.29) is 4.90 Å². The van der Waals surface area contributed by atoms with Crippen molar-refractivity contribution in [1.29, 1.82) is 0 Å². The Morgan fingerprint density at radius 3 is 2.31 bits per heavy atom. The lowest BCUT2D eigenvalue weighted by Gasteiger charge is -2.18. The van der Waals surface area contributed by atoms with Crippen molar-refractivity contribution in [3.8, 4) is 5.75 Å². The normalized spacial score (nSPS) is 11.8. The van der Waals surface area contributed by atoms with Crippen LogP contribution in [0.4, 0.5) is 0 Å². The van der Waals surface area contributed by atoms with Crippen molar-refractivity contribution in [1.82, 2.24) is 4.31 Å². The fourth-order valence-electron chi connectivity index (χ4n) is 2.46. The summed E-state index contributed by atoms with van der Waals surface area (Å²) in [6, 6.07) is 13.6. The van der Waals surface area contributed by atoms with Gasteiger partial charge in [-0.1, -0.05) is 38.1 Å². The average Bonchev–Trinajstić information content (AvgIpc) is 2.61. The first-order valence-corrected chi connectivity index (χ1v) is 9.87. The van der Waals surface area contributed by atoms with Crippen LogP contribution in [0.15, 0.2) is 59.5 Å². The second kappa shape index (κ2) is 8.78. The highest BCUT2D eigenvalue weighted by Crippen LogP contribution is 2.17. The van der Waals surface area contributed by atoms with Crippen molar-refractivity contribution < 1.29 is 17.9 Å². The molecule has 0 saturated heterocycles. The zero-order chi connectivity index (χ0) is 19.2. The highest BCUT2D eigenvalue weighted by molar-refractivity contribution is 7.89. The molecule has 0 N–H and O–H groups in total. The predicted octanol–water partition coefficient (Wildman–Crippen LogP) is 3.64. The van der Waals surface area contributed by atoms with Gasteiger partial charge in [-0.15, -0.1) is 0 Å². The van der Waals surface area contributed by atoms with E-state index in [1.807, 2.05) is 19.1 Å². The lowest BCUT2D eigenvalue weighted by atomic mass is 10.2. The van der Waals surface area contributed by atoms with Crippen LogP contribution < -0.4 is 4.74 Å². The van der Waals surface area contributed by atoms with Gasteiger partial charge < -0.3 is 4.74 Å². The summed E-state index contributed by atoms with van der Waals surface area (Å²) < 4.78 is 31.5. The van der Waals surface area contributed by atoms with E-state index >= 15 is 0 Å². The molecule has 0 fully saturated rings. The van der Waals surface area contributed by atoms with Crippen molar-refractivity contribution in [2.45, 2.75) is 25.7 Å². The van der Waals surface area contributed by atoms with E-state index in [0.29, 0.717) is 24.4 Å². The number of ether oxygens (including phenoxy) is 1. The zero-order valence-electron chi connectivity index (χ0n) is 15.2.